The highest BCUT2D eigenvalue weighted by atomic mass is 32.2. The molecule has 1 unspecified atom stereocenters. The van der Waals surface area contributed by atoms with Gasteiger partial charge in [-0.2, -0.15) is 4.31 Å². The Kier molecular flexibility index (Phi) is 7.32. The summed E-state index contributed by atoms with van der Waals surface area (Å²) in [5, 5.41) is 17.0. The van der Waals surface area contributed by atoms with E-state index in [-0.39, 0.29) is 29.6 Å². The van der Waals surface area contributed by atoms with Crippen molar-refractivity contribution >= 4 is 27.3 Å². The molecule has 0 saturated heterocycles. The molecule has 0 spiro atoms. The van der Waals surface area contributed by atoms with Crippen LogP contribution in [0.3, 0.4) is 0 Å². The molecule has 0 heterocycles. The molecule has 1 amide bonds. The molecule has 2 N–H and O–H groups in total. The quantitative estimate of drug-likeness (QED) is 0.510. The van der Waals surface area contributed by atoms with E-state index < -0.39 is 32.2 Å². The van der Waals surface area contributed by atoms with Gasteiger partial charge in [0.15, 0.2) is 0 Å². The van der Waals surface area contributed by atoms with Crippen molar-refractivity contribution in [2.45, 2.75) is 58.0 Å². The summed E-state index contributed by atoms with van der Waals surface area (Å²) in [5.74, 6) is -0.323. The van der Waals surface area contributed by atoms with E-state index in [1.165, 1.54) is 16.4 Å². The van der Waals surface area contributed by atoms with Gasteiger partial charge in [0.2, 0.25) is 15.9 Å². The first-order valence-corrected chi connectivity index (χ1v) is 10.1. The van der Waals surface area contributed by atoms with Gasteiger partial charge in [0.1, 0.15) is 11.7 Å². The normalized spacial score (nSPS) is 13.3. The molecule has 9 nitrogen and oxygen atoms in total. The molecule has 152 valence electrons. The molecule has 10 heteroatoms. The van der Waals surface area contributed by atoms with Crippen LogP contribution in [0.4, 0.5) is 11.4 Å². The van der Waals surface area contributed by atoms with Crippen molar-refractivity contribution in [3.8, 4) is 0 Å². The molecule has 27 heavy (non-hydrogen) atoms. The summed E-state index contributed by atoms with van der Waals surface area (Å²) < 4.78 is 26.4. The van der Waals surface area contributed by atoms with E-state index in [4.69, 9.17) is 0 Å². The maximum Gasteiger partial charge on any atom is 0.293 e. The Morgan fingerprint density at radius 1 is 1.26 bits per heavy atom. The van der Waals surface area contributed by atoms with Crippen LogP contribution in [-0.2, 0) is 14.8 Å². The van der Waals surface area contributed by atoms with Crippen LogP contribution in [0.15, 0.2) is 23.1 Å². The molecule has 1 aromatic carbocycles. The van der Waals surface area contributed by atoms with Gasteiger partial charge in [-0.3, -0.25) is 14.9 Å². The molecule has 0 saturated carbocycles. The van der Waals surface area contributed by atoms with Gasteiger partial charge in [-0.1, -0.05) is 13.8 Å². The van der Waals surface area contributed by atoms with Gasteiger partial charge in [-0.25, -0.2) is 8.42 Å². The van der Waals surface area contributed by atoms with Gasteiger partial charge >= 0.3 is 0 Å². The van der Waals surface area contributed by atoms with E-state index in [9.17, 15) is 23.3 Å². The van der Waals surface area contributed by atoms with E-state index >= 15 is 0 Å². The fourth-order valence-electron chi connectivity index (χ4n) is 2.43. The number of anilines is 1. The average molecular weight is 401 g/mol. The van der Waals surface area contributed by atoms with Crippen molar-refractivity contribution in [1.82, 2.24) is 9.62 Å². The van der Waals surface area contributed by atoms with Crippen molar-refractivity contribution in [2.75, 3.05) is 18.4 Å². The fourth-order valence-corrected chi connectivity index (χ4v) is 3.91. The van der Waals surface area contributed by atoms with Gasteiger partial charge in [0, 0.05) is 24.7 Å². The molecule has 0 aromatic heterocycles. The van der Waals surface area contributed by atoms with Crippen molar-refractivity contribution in [2.24, 2.45) is 0 Å². The van der Waals surface area contributed by atoms with Gasteiger partial charge in [-0.15, -0.1) is 0 Å². The average Bonchev–Trinajstić information content (AvgIpc) is 2.54. The summed E-state index contributed by atoms with van der Waals surface area (Å²) in [7, 11) is -3.82. The molecule has 0 radical (unpaired) electrons. The summed E-state index contributed by atoms with van der Waals surface area (Å²) in [4.78, 5) is 22.8. The van der Waals surface area contributed by atoms with Crippen LogP contribution >= 0.6 is 0 Å². The molecule has 0 fully saturated rings. The molecular weight excluding hydrogens is 372 g/mol. The number of amides is 1. The van der Waals surface area contributed by atoms with E-state index in [1.54, 1.807) is 20.8 Å². The van der Waals surface area contributed by atoms with Crippen LogP contribution in [0.25, 0.3) is 0 Å². The Morgan fingerprint density at radius 3 is 2.26 bits per heavy atom. The lowest BCUT2D eigenvalue weighted by atomic mass is 10.1. The number of nitro groups is 1. The van der Waals surface area contributed by atoms with Gasteiger partial charge in [0.25, 0.3) is 5.69 Å². The smallest absolute Gasteiger partial charge is 0.293 e. The second-order valence-electron chi connectivity index (χ2n) is 7.13. The van der Waals surface area contributed by atoms with Crippen molar-refractivity contribution in [1.29, 1.82) is 0 Å². The van der Waals surface area contributed by atoms with E-state index in [0.717, 1.165) is 6.07 Å². The van der Waals surface area contributed by atoms with Crippen LogP contribution in [0.1, 0.15) is 41.5 Å². The number of hydrogen-bond acceptors (Lipinski definition) is 6. The summed E-state index contributed by atoms with van der Waals surface area (Å²) >= 11 is 0. The van der Waals surface area contributed by atoms with E-state index in [2.05, 4.69) is 10.6 Å². The van der Waals surface area contributed by atoms with Crippen molar-refractivity contribution < 1.29 is 18.1 Å². The molecule has 0 aliphatic carbocycles. The first-order chi connectivity index (χ1) is 12.3. The van der Waals surface area contributed by atoms with E-state index in [0.29, 0.717) is 0 Å². The molecule has 0 aliphatic rings. The minimum atomic E-state index is -3.82. The number of benzene rings is 1. The third kappa shape index (κ3) is 5.90. The first kappa shape index (κ1) is 22.8. The van der Waals surface area contributed by atoms with Gasteiger partial charge in [0.05, 0.1) is 9.82 Å². The monoisotopic (exact) mass is 400 g/mol. The Bertz CT molecular complexity index is 798. The standard InChI is InChI=1S/C17H28N4O5S/c1-7-20(8-2)27(25,26)13-9-10-14(15(11-13)21(23)24)18-12(3)16(22)19-17(4,5)6/h9-12,18H,7-8H2,1-6H3,(H,19,22). The number of nitrogens with one attached hydrogen (secondary N) is 2. The van der Waals surface area contributed by atoms with Gasteiger partial charge < -0.3 is 10.6 Å². The molecule has 1 rings (SSSR count). The number of rotatable bonds is 8. The lowest BCUT2D eigenvalue weighted by molar-refractivity contribution is -0.384. The summed E-state index contributed by atoms with van der Waals surface area (Å²) in [6, 6.07) is 2.89. The van der Waals surface area contributed by atoms with Crippen LogP contribution < -0.4 is 10.6 Å². The SMILES string of the molecule is CCN(CC)S(=O)(=O)c1ccc(NC(C)C(=O)NC(C)(C)C)c([N+](=O)[O-])c1. The number of nitrogens with zero attached hydrogens (tertiary/aromatic N) is 2. The zero-order chi connectivity index (χ0) is 21.0. The third-order valence-electron chi connectivity index (χ3n) is 3.77. The topological polar surface area (TPSA) is 122 Å². The van der Waals surface area contributed by atoms with Crippen LogP contribution in [0.2, 0.25) is 0 Å². The highest BCUT2D eigenvalue weighted by molar-refractivity contribution is 7.89. The second-order valence-corrected chi connectivity index (χ2v) is 9.07. The Hall–Kier alpha value is -2.20. The lowest BCUT2D eigenvalue weighted by Crippen LogP contribution is -2.47. The van der Waals surface area contributed by atoms with E-state index in [1.807, 2.05) is 20.8 Å². The molecule has 0 aliphatic heterocycles. The predicted molar refractivity (Wildman–Crippen MR) is 104 cm³/mol. The Labute approximate surface area is 160 Å². The molecular formula is C17H28N4O5S. The van der Waals surface area contributed by atoms with Gasteiger partial charge in [-0.05, 0) is 39.8 Å². The van der Waals surface area contributed by atoms with Crippen LogP contribution in [-0.4, -0.2) is 48.2 Å². The molecule has 0 bridgehead atoms. The molecule has 1 atom stereocenters. The van der Waals surface area contributed by atoms with Crippen LogP contribution in [0, 0.1) is 10.1 Å². The lowest BCUT2D eigenvalue weighted by Gasteiger charge is -2.24. The zero-order valence-electron chi connectivity index (χ0n) is 16.6. The maximum atomic E-state index is 12.6. The van der Waals surface area contributed by atoms with Crippen molar-refractivity contribution in [3.05, 3.63) is 28.3 Å². The summed E-state index contributed by atoms with van der Waals surface area (Å²) in [6.07, 6.45) is 0. The number of hydrogen-bond donors (Lipinski definition) is 2. The fraction of sp³-hybridized carbons (Fsp3) is 0.588. The molecule has 1 aromatic rings. The highest BCUT2D eigenvalue weighted by Gasteiger charge is 2.27. The number of nitro benzene ring substituents is 1. The Morgan fingerprint density at radius 2 is 1.81 bits per heavy atom. The first-order valence-electron chi connectivity index (χ1n) is 8.70. The number of carbonyl (C=O) groups is 1. The summed E-state index contributed by atoms with van der Waals surface area (Å²) in [6.45, 7) is 11.0. The zero-order valence-corrected chi connectivity index (χ0v) is 17.4. The summed E-state index contributed by atoms with van der Waals surface area (Å²) in [5.41, 5.74) is -0.769. The highest BCUT2D eigenvalue weighted by Crippen LogP contribution is 2.29. The maximum absolute atomic E-state index is 12.6. The predicted octanol–water partition coefficient (Wildman–Crippen LogP) is 2.34. The van der Waals surface area contributed by atoms with Crippen LogP contribution in [0.5, 0.6) is 0 Å². The Balaban J connectivity index is 3.21. The minimum absolute atomic E-state index is 0.0788. The number of sulfonamides is 1. The minimum Gasteiger partial charge on any atom is -0.368 e. The number of carbonyl (C=O) groups excluding carboxylic acids is 1. The second kappa shape index (κ2) is 8.66. The third-order valence-corrected chi connectivity index (χ3v) is 5.82. The van der Waals surface area contributed by atoms with Crippen molar-refractivity contribution in [3.63, 3.8) is 0 Å². The largest absolute Gasteiger partial charge is 0.368 e.